The second-order valence-corrected chi connectivity index (χ2v) is 8.54. The van der Waals surface area contributed by atoms with E-state index in [2.05, 4.69) is 10.3 Å². The first-order valence-corrected chi connectivity index (χ1v) is 10.0. The van der Waals surface area contributed by atoms with Crippen LogP contribution < -0.4 is 11.1 Å². The Morgan fingerprint density at radius 3 is 2.44 bits per heavy atom. The lowest BCUT2D eigenvalue weighted by molar-refractivity contribution is -0.207. The highest BCUT2D eigenvalue weighted by Crippen LogP contribution is 2.39. The van der Waals surface area contributed by atoms with Gasteiger partial charge in [-0.2, -0.15) is 13.2 Å². The summed E-state index contributed by atoms with van der Waals surface area (Å²) in [5.41, 5.74) is 4.01. The highest BCUT2D eigenvalue weighted by atomic mass is 32.1. The zero-order chi connectivity index (χ0) is 23.8. The number of benzene rings is 1. The van der Waals surface area contributed by atoms with Crippen LogP contribution in [0.2, 0.25) is 0 Å². The van der Waals surface area contributed by atoms with E-state index in [9.17, 15) is 32.6 Å². The molecule has 0 aliphatic heterocycles. The maximum absolute atomic E-state index is 14.7. The second kappa shape index (κ2) is 8.49. The van der Waals surface area contributed by atoms with Crippen molar-refractivity contribution < 1.29 is 32.6 Å². The maximum atomic E-state index is 14.7. The molecule has 0 radical (unpaired) electrons. The molecule has 0 saturated carbocycles. The molecule has 0 fully saturated rings. The summed E-state index contributed by atoms with van der Waals surface area (Å²) in [6.45, 7) is 3.02. The minimum absolute atomic E-state index is 0.0143. The lowest BCUT2D eigenvalue weighted by Gasteiger charge is -2.18. The number of aliphatic hydroxyl groups is 2. The fourth-order valence-corrected chi connectivity index (χ4v) is 3.95. The first-order valence-electron chi connectivity index (χ1n) is 9.22. The lowest BCUT2D eigenvalue weighted by atomic mass is 9.96. The van der Waals surface area contributed by atoms with E-state index >= 15 is 0 Å². The average molecular weight is 469 g/mol. The monoisotopic (exact) mass is 469 g/mol. The van der Waals surface area contributed by atoms with Gasteiger partial charge < -0.3 is 21.3 Å². The number of aliphatic hydroxyl groups excluding tert-OH is 1. The summed E-state index contributed by atoms with van der Waals surface area (Å²) in [6.07, 6.45) is -7.67. The summed E-state index contributed by atoms with van der Waals surface area (Å²) in [4.78, 5) is 16.0. The van der Waals surface area contributed by atoms with Crippen LogP contribution in [-0.4, -0.2) is 27.3 Å². The molecule has 0 aliphatic rings. The largest absolute Gasteiger partial charge is 0.420 e. The molecule has 1 unspecified atom stereocenters. The van der Waals surface area contributed by atoms with Crippen LogP contribution in [0, 0.1) is 5.82 Å². The topological polar surface area (TPSA) is 108 Å². The van der Waals surface area contributed by atoms with Gasteiger partial charge in [-0.15, -0.1) is 11.3 Å². The summed E-state index contributed by atoms with van der Waals surface area (Å²) in [5, 5.41) is 22.3. The SMILES string of the molecule is CC(C)(O)c1ccc(-c2cc(C(N)=O)c(Nc3cccc(C(O)C(F)(F)F)n3)s2)c(F)c1. The van der Waals surface area contributed by atoms with Crippen LogP contribution in [0.25, 0.3) is 10.4 Å². The Labute approximate surface area is 184 Å². The van der Waals surface area contributed by atoms with Gasteiger partial charge in [0.25, 0.3) is 5.91 Å². The van der Waals surface area contributed by atoms with Crippen LogP contribution in [0.15, 0.2) is 42.5 Å². The molecule has 0 aliphatic carbocycles. The fraction of sp³-hybridized carbons (Fsp3) is 0.238. The molecule has 1 aromatic carbocycles. The standard InChI is InChI=1S/C21H19F4N3O3S/c1-20(2,31)10-6-7-11(13(22)8-10)15-9-12(18(26)30)19(32-15)28-16-5-3-4-14(27-16)17(29)21(23,24)25/h3-9,17,29,31H,1-2H3,(H2,26,30)(H,27,28). The van der Waals surface area contributed by atoms with Crippen molar-refractivity contribution >= 4 is 28.1 Å². The third kappa shape index (κ3) is 5.06. The molecule has 0 spiro atoms. The third-order valence-corrected chi connectivity index (χ3v) is 5.62. The van der Waals surface area contributed by atoms with Crippen molar-refractivity contribution in [2.24, 2.45) is 5.73 Å². The Morgan fingerprint density at radius 2 is 1.88 bits per heavy atom. The van der Waals surface area contributed by atoms with E-state index in [1.165, 1.54) is 44.2 Å². The number of thiophene rings is 1. The Balaban J connectivity index is 1.98. The van der Waals surface area contributed by atoms with Gasteiger partial charge in [0, 0.05) is 10.4 Å². The Morgan fingerprint density at radius 1 is 1.19 bits per heavy atom. The molecule has 2 aromatic heterocycles. The quantitative estimate of drug-likeness (QED) is 0.394. The highest BCUT2D eigenvalue weighted by Gasteiger charge is 2.40. The van der Waals surface area contributed by atoms with Gasteiger partial charge in [0.15, 0.2) is 6.10 Å². The minimum Gasteiger partial charge on any atom is -0.386 e. The van der Waals surface area contributed by atoms with Crippen molar-refractivity contribution in [3.63, 3.8) is 0 Å². The number of hydrogen-bond donors (Lipinski definition) is 4. The van der Waals surface area contributed by atoms with Crippen LogP contribution >= 0.6 is 11.3 Å². The number of rotatable bonds is 6. The lowest BCUT2D eigenvalue weighted by Crippen LogP contribution is -2.21. The number of carbonyl (C=O) groups excluding carboxylic acids is 1. The number of amides is 1. The smallest absolute Gasteiger partial charge is 0.386 e. The molecule has 6 nitrogen and oxygen atoms in total. The second-order valence-electron chi connectivity index (χ2n) is 7.49. The van der Waals surface area contributed by atoms with Crippen molar-refractivity contribution in [3.8, 4) is 10.4 Å². The Hall–Kier alpha value is -3.02. The van der Waals surface area contributed by atoms with Gasteiger partial charge in [0.2, 0.25) is 0 Å². The normalized spacial score (nSPS) is 13.1. The molecule has 0 saturated heterocycles. The van der Waals surface area contributed by atoms with E-state index < -0.39 is 35.3 Å². The molecule has 3 rings (SSSR count). The molecule has 5 N–H and O–H groups in total. The van der Waals surface area contributed by atoms with E-state index in [0.717, 1.165) is 17.4 Å². The van der Waals surface area contributed by atoms with Crippen molar-refractivity contribution in [2.45, 2.75) is 31.7 Å². The molecule has 32 heavy (non-hydrogen) atoms. The first kappa shape index (κ1) is 23.6. The highest BCUT2D eigenvalue weighted by molar-refractivity contribution is 7.19. The number of pyridine rings is 1. The fourth-order valence-electron chi connectivity index (χ4n) is 2.85. The molecule has 1 atom stereocenters. The van der Waals surface area contributed by atoms with E-state index in [4.69, 9.17) is 5.73 Å². The minimum atomic E-state index is -4.90. The Kier molecular flexibility index (Phi) is 6.27. The van der Waals surface area contributed by atoms with E-state index in [1.807, 2.05) is 0 Å². The molecule has 2 heterocycles. The van der Waals surface area contributed by atoms with Crippen molar-refractivity contribution in [1.82, 2.24) is 4.98 Å². The number of alkyl halides is 3. The molecular formula is C21H19F4N3O3S. The summed E-state index contributed by atoms with van der Waals surface area (Å²) in [5.74, 6) is -1.54. The predicted octanol–water partition coefficient (Wildman–Crippen LogP) is 4.61. The Bertz CT molecular complexity index is 1160. The molecule has 0 bridgehead atoms. The van der Waals surface area contributed by atoms with Crippen LogP contribution in [-0.2, 0) is 5.60 Å². The van der Waals surface area contributed by atoms with Crippen molar-refractivity contribution in [1.29, 1.82) is 0 Å². The summed E-state index contributed by atoms with van der Waals surface area (Å²) >= 11 is 0.944. The van der Waals surface area contributed by atoms with E-state index in [0.29, 0.717) is 10.4 Å². The summed E-state index contributed by atoms with van der Waals surface area (Å²) in [6, 6.07) is 9.13. The summed E-state index contributed by atoms with van der Waals surface area (Å²) in [7, 11) is 0. The number of nitrogens with one attached hydrogen (secondary N) is 1. The van der Waals surface area contributed by atoms with E-state index in [-0.39, 0.29) is 21.9 Å². The number of hydrogen-bond acceptors (Lipinski definition) is 6. The van der Waals surface area contributed by atoms with Gasteiger partial charge >= 0.3 is 6.18 Å². The number of halogens is 4. The van der Waals surface area contributed by atoms with Crippen LogP contribution in [0.3, 0.4) is 0 Å². The van der Waals surface area contributed by atoms with Gasteiger partial charge in [-0.1, -0.05) is 18.2 Å². The van der Waals surface area contributed by atoms with Crippen LogP contribution in [0.4, 0.5) is 28.4 Å². The van der Waals surface area contributed by atoms with Crippen molar-refractivity contribution in [3.05, 3.63) is 65.1 Å². The molecular weight excluding hydrogens is 450 g/mol. The van der Waals surface area contributed by atoms with Gasteiger partial charge in [-0.3, -0.25) is 4.79 Å². The molecule has 170 valence electrons. The predicted molar refractivity (Wildman–Crippen MR) is 112 cm³/mol. The van der Waals surface area contributed by atoms with Crippen LogP contribution in [0.1, 0.15) is 41.6 Å². The van der Waals surface area contributed by atoms with Gasteiger partial charge in [-0.05, 0) is 43.7 Å². The van der Waals surface area contributed by atoms with Gasteiger partial charge in [-0.25, -0.2) is 9.37 Å². The first-order chi connectivity index (χ1) is 14.8. The number of nitrogens with zero attached hydrogens (tertiary/aromatic N) is 1. The number of anilines is 2. The molecule has 3 aromatic rings. The zero-order valence-corrected chi connectivity index (χ0v) is 17.7. The van der Waals surface area contributed by atoms with Gasteiger partial charge in [0.05, 0.1) is 16.9 Å². The molecule has 1 amide bonds. The van der Waals surface area contributed by atoms with Crippen molar-refractivity contribution in [2.75, 3.05) is 5.32 Å². The number of primary amides is 1. The maximum Gasteiger partial charge on any atom is 0.420 e. The summed E-state index contributed by atoms with van der Waals surface area (Å²) < 4.78 is 53.0. The number of carbonyl (C=O) groups is 1. The van der Waals surface area contributed by atoms with E-state index in [1.54, 1.807) is 6.07 Å². The third-order valence-electron chi connectivity index (χ3n) is 4.54. The number of nitrogens with two attached hydrogens (primary N) is 1. The molecule has 11 heteroatoms. The van der Waals surface area contributed by atoms with Gasteiger partial charge in [0.1, 0.15) is 16.6 Å². The zero-order valence-electron chi connectivity index (χ0n) is 16.9. The average Bonchev–Trinajstić information content (AvgIpc) is 3.09. The number of aromatic nitrogens is 1. The van der Waals surface area contributed by atoms with Crippen LogP contribution in [0.5, 0.6) is 0 Å².